The van der Waals surface area contributed by atoms with Crippen LogP contribution in [0.1, 0.15) is 52.5 Å². The van der Waals surface area contributed by atoms with Gasteiger partial charge in [-0.1, -0.05) is 27.7 Å². The van der Waals surface area contributed by atoms with Crippen LogP contribution in [0, 0.1) is 10.8 Å². The monoisotopic (exact) mass is 300 g/mol. The minimum absolute atomic E-state index is 0.0137. The van der Waals surface area contributed by atoms with Gasteiger partial charge in [0.25, 0.3) is 0 Å². The summed E-state index contributed by atoms with van der Waals surface area (Å²) in [5, 5.41) is 3.04. The molecule has 0 saturated heterocycles. The van der Waals surface area contributed by atoms with Crippen LogP contribution in [0.2, 0.25) is 0 Å². The van der Waals surface area contributed by atoms with E-state index in [1.807, 2.05) is 0 Å². The van der Waals surface area contributed by atoms with Gasteiger partial charge in [-0.3, -0.25) is 0 Å². The molecule has 0 radical (unpaired) electrons. The normalized spacial score (nSPS) is 22.0. The third kappa shape index (κ3) is 4.11. The van der Waals surface area contributed by atoms with Crippen LogP contribution in [0.3, 0.4) is 0 Å². The molecule has 5 heteroatoms. The number of halogens is 3. The van der Waals surface area contributed by atoms with Crippen LogP contribution in [0.5, 0.6) is 0 Å². The van der Waals surface area contributed by atoms with Gasteiger partial charge in [0.15, 0.2) is 0 Å². The lowest BCUT2D eigenvalue weighted by atomic mass is 9.63. The highest BCUT2D eigenvalue weighted by Crippen LogP contribution is 2.46. The van der Waals surface area contributed by atoms with Gasteiger partial charge in [0.1, 0.15) is 5.82 Å². The Kier molecular flexibility index (Phi) is 3.98. The lowest BCUT2D eigenvalue weighted by molar-refractivity contribution is -0.137. The molecule has 1 saturated carbocycles. The molecule has 0 bridgehead atoms. The molecule has 1 aromatic rings. The lowest BCUT2D eigenvalue weighted by Gasteiger charge is -2.45. The zero-order valence-electron chi connectivity index (χ0n) is 13.0. The van der Waals surface area contributed by atoms with E-state index >= 15 is 0 Å². The van der Waals surface area contributed by atoms with Crippen molar-refractivity contribution in [2.24, 2.45) is 10.8 Å². The maximum Gasteiger partial charge on any atom is 0.419 e. The number of alkyl halides is 3. The summed E-state index contributed by atoms with van der Waals surface area (Å²) in [6, 6.07) is 2.41. The molecule has 0 aromatic carbocycles. The van der Waals surface area contributed by atoms with Gasteiger partial charge in [0, 0.05) is 12.2 Å². The van der Waals surface area contributed by atoms with Crippen LogP contribution < -0.4 is 5.32 Å². The highest BCUT2D eigenvalue weighted by atomic mass is 19.4. The molecule has 0 amide bonds. The van der Waals surface area contributed by atoms with Crippen LogP contribution in [0.4, 0.5) is 19.0 Å². The van der Waals surface area contributed by atoms with Gasteiger partial charge >= 0.3 is 6.18 Å². The van der Waals surface area contributed by atoms with Crippen LogP contribution in [-0.2, 0) is 6.18 Å². The van der Waals surface area contributed by atoms with Gasteiger partial charge in [0.2, 0.25) is 0 Å². The molecule has 1 aliphatic rings. The molecule has 2 nitrogen and oxygen atoms in total. The number of aromatic nitrogens is 1. The molecule has 0 spiro atoms. The van der Waals surface area contributed by atoms with Gasteiger partial charge in [0.05, 0.1) is 5.56 Å². The number of rotatable bonds is 2. The fraction of sp³-hybridized carbons (Fsp3) is 0.688. The van der Waals surface area contributed by atoms with Crippen molar-refractivity contribution in [2.45, 2.75) is 59.2 Å². The molecule has 1 aliphatic carbocycles. The van der Waals surface area contributed by atoms with Crippen molar-refractivity contribution >= 4 is 5.82 Å². The summed E-state index contributed by atoms with van der Waals surface area (Å²) in [4.78, 5) is 3.90. The van der Waals surface area contributed by atoms with Gasteiger partial charge < -0.3 is 5.32 Å². The van der Waals surface area contributed by atoms with Gasteiger partial charge in [-0.15, -0.1) is 0 Å². The molecule has 0 aliphatic heterocycles. The Balaban J connectivity index is 2.23. The Morgan fingerprint density at radius 2 is 1.71 bits per heavy atom. The van der Waals surface area contributed by atoms with E-state index in [0.29, 0.717) is 0 Å². The quantitative estimate of drug-likeness (QED) is 0.820. The average molecular weight is 300 g/mol. The topological polar surface area (TPSA) is 24.9 Å². The summed E-state index contributed by atoms with van der Waals surface area (Å²) < 4.78 is 39.1. The van der Waals surface area contributed by atoms with E-state index in [1.54, 1.807) is 0 Å². The van der Waals surface area contributed by atoms with E-state index in [1.165, 1.54) is 12.3 Å². The first-order chi connectivity index (χ1) is 9.49. The summed E-state index contributed by atoms with van der Waals surface area (Å²) in [6.07, 6.45) is -0.200. The molecule has 2 rings (SSSR count). The zero-order valence-corrected chi connectivity index (χ0v) is 13.0. The van der Waals surface area contributed by atoms with Crippen LogP contribution in [0.25, 0.3) is 0 Å². The number of nitrogens with one attached hydrogen (secondary N) is 1. The predicted molar refractivity (Wildman–Crippen MR) is 78.1 cm³/mol. The molecule has 1 heterocycles. The van der Waals surface area contributed by atoms with Crippen molar-refractivity contribution in [1.29, 1.82) is 0 Å². The summed E-state index contributed by atoms with van der Waals surface area (Å²) in [7, 11) is 0. The number of nitrogens with zero attached hydrogens (tertiary/aromatic N) is 1. The fourth-order valence-electron chi connectivity index (χ4n) is 3.89. The van der Waals surface area contributed by atoms with Crippen molar-refractivity contribution in [2.75, 3.05) is 5.32 Å². The van der Waals surface area contributed by atoms with E-state index in [2.05, 4.69) is 38.0 Å². The Bertz CT molecular complexity index is 490. The van der Waals surface area contributed by atoms with E-state index < -0.39 is 11.7 Å². The molecule has 1 aromatic heterocycles. The molecule has 1 fully saturated rings. The highest BCUT2D eigenvalue weighted by Gasteiger charge is 2.40. The first-order valence-electron chi connectivity index (χ1n) is 7.27. The molecule has 118 valence electrons. The fourth-order valence-corrected chi connectivity index (χ4v) is 3.89. The Morgan fingerprint density at radius 3 is 2.24 bits per heavy atom. The summed E-state index contributed by atoms with van der Waals surface area (Å²) in [5.74, 6) is -0.0523. The van der Waals surface area contributed by atoms with Crippen LogP contribution in [-0.4, -0.2) is 11.0 Å². The predicted octanol–water partition coefficient (Wildman–Crippen LogP) is 5.12. The van der Waals surface area contributed by atoms with Gasteiger partial charge in [-0.25, -0.2) is 4.98 Å². The largest absolute Gasteiger partial charge is 0.419 e. The van der Waals surface area contributed by atoms with Crippen molar-refractivity contribution < 1.29 is 13.2 Å². The van der Waals surface area contributed by atoms with E-state index in [4.69, 9.17) is 0 Å². The number of anilines is 1. The zero-order chi connectivity index (χ0) is 15.9. The molecule has 0 unspecified atom stereocenters. The maximum atomic E-state index is 13.0. The standard InChI is InChI=1S/C16H23F3N2/c1-14(2)8-11(9-15(3,4)10-14)21-13-12(16(17,18)19)6-5-7-20-13/h5-7,11H,8-10H2,1-4H3,(H,20,21). The summed E-state index contributed by atoms with van der Waals surface area (Å²) in [5.41, 5.74) is -0.453. The second kappa shape index (κ2) is 5.18. The first-order valence-corrected chi connectivity index (χ1v) is 7.27. The van der Waals surface area contributed by atoms with Gasteiger partial charge in [-0.05, 0) is 42.2 Å². The minimum Gasteiger partial charge on any atom is -0.367 e. The second-order valence-corrected chi connectivity index (χ2v) is 7.65. The third-order valence-electron chi connectivity index (χ3n) is 4.01. The van der Waals surface area contributed by atoms with Gasteiger partial charge in [-0.2, -0.15) is 13.2 Å². The van der Waals surface area contributed by atoms with Crippen LogP contribution in [0.15, 0.2) is 18.3 Å². The Hall–Kier alpha value is -1.26. The van der Waals surface area contributed by atoms with E-state index in [9.17, 15) is 13.2 Å². The van der Waals surface area contributed by atoms with Crippen LogP contribution >= 0.6 is 0 Å². The minimum atomic E-state index is -4.38. The number of hydrogen-bond donors (Lipinski definition) is 1. The summed E-state index contributed by atoms with van der Waals surface area (Å²) >= 11 is 0. The van der Waals surface area contributed by atoms with Crippen molar-refractivity contribution in [3.05, 3.63) is 23.9 Å². The Morgan fingerprint density at radius 1 is 1.14 bits per heavy atom. The second-order valence-electron chi connectivity index (χ2n) is 7.65. The summed E-state index contributed by atoms with van der Waals surface area (Å²) in [6.45, 7) is 8.69. The number of pyridine rings is 1. The first kappa shape index (κ1) is 16.1. The molecule has 21 heavy (non-hydrogen) atoms. The maximum absolute atomic E-state index is 13.0. The van der Waals surface area contributed by atoms with Crippen molar-refractivity contribution in [3.8, 4) is 0 Å². The molecular weight excluding hydrogens is 277 g/mol. The van der Waals surface area contributed by atoms with Crippen molar-refractivity contribution in [1.82, 2.24) is 4.98 Å². The molecular formula is C16H23F3N2. The van der Waals surface area contributed by atoms with E-state index in [0.717, 1.165) is 25.3 Å². The molecule has 0 atom stereocenters. The SMILES string of the molecule is CC1(C)CC(Nc2ncccc2C(F)(F)F)CC(C)(C)C1. The smallest absolute Gasteiger partial charge is 0.367 e. The highest BCUT2D eigenvalue weighted by molar-refractivity contribution is 5.46. The van der Waals surface area contributed by atoms with E-state index in [-0.39, 0.29) is 22.7 Å². The Labute approximate surface area is 124 Å². The average Bonchev–Trinajstić information content (AvgIpc) is 2.23. The number of hydrogen-bond acceptors (Lipinski definition) is 2. The third-order valence-corrected chi connectivity index (χ3v) is 4.01. The van der Waals surface area contributed by atoms with Crippen molar-refractivity contribution in [3.63, 3.8) is 0 Å². The lowest BCUT2D eigenvalue weighted by Crippen LogP contribution is -2.40. The molecule has 1 N–H and O–H groups in total.